The van der Waals surface area contributed by atoms with Crippen molar-refractivity contribution in [2.45, 2.75) is 25.2 Å². The molecule has 3 aromatic rings. The Balaban J connectivity index is 1.32. The number of fused-ring (bicyclic) bond motifs is 2. The van der Waals surface area contributed by atoms with Crippen LogP contribution in [-0.2, 0) is 19.1 Å². The molecule has 0 fully saturated rings. The molecule has 0 aliphatic carbocycles. The van der Waals surface area contributed by atoms with Crippen molar-refractivity contribution in [1.82, 2.24) is 24.6 Å². The van der Waals surface area contributed by atoms with Gasteiger partial charge >= 0.3 is 6.18 Å². The molecule has 4 rings (SSSR count). The first-order valence-electron chi connectivity index (χ1n) is 9.57. The van der Waals surface area contributed by atoms with Crippen molar-refractivity contribution in [1.29, 1.82) is 0 Å². The van der Waals surface area contributed by atoms with E-state index >= 15 is 0 Å². The van der Waals surface area contributed by atoms with Gasteiger partial charge in [0.1, 0.15) is 11.5 Å². The molecule has 1 aromatic carbocycles. The Kier molecular flexibility index (Phi) is 5.63. The molecule has 11 heteroatoms. The van der Waals surface area contributed by atoms with E-state index in [1.165, 1.54) is 18.3 Å². The number of aliphatic hydroxyl groups is 1. The Hall–Kier alpha value is -3.05. The smallest absolute Gasteiger partial charge is 0.390 e. The fourth-order valence-corrected chi connectivity index (χ4v) is 3.55. The number of rotatable bonds is 5. The first-order chi connectivity index (χ1) is 14.7. The molecule has 0 spiro atoms. The summed E-state index contributed by atoms with van der Waals surface area (Å²) in [6, 6.07) is 4.65. The molecule has 1 unspecified atom stereocenters. The van der Waals surface area contributed by atoms with Gasteiger partial charge in [0.15, 0.2) is 11.3 Å². The molecule has 1 aliphatic heterocycles. The molecular weight excluding hydrogens is 418 g/mol. The topological polar surface area (TPSA) is 82.8 Å². The van der Waals surface area contributed by atoms with Crippen LogP contribution in [0.3, 0.4) is 0 Å². The van der Waals surface area contributed by atoms with E-state index in [9.17, 15) is 27.5 Å². The average Bonchev–Trinajstić information content (AvgIpc) is 3.15. The summed E-state index contributed by atoms with van der Waals surface area (Å²) in [5, 5.41) is 12.8. The molecule has 31 heavy (non-hydrogen) atoms. The van der Waals surface area contributed by atoms with E-state index in [4.69, 9.17) is 0 Å². The third kappa shape index (κ3) is 4.83. The van der Waals surface area contributed by atoms with Gasteiger partial charge in [-0.15, -0.1) is 0 Å². The standard InChI is InChI=1S/C20H19F4N5O2/c21-14-2-1-13-8-28(4-3-12(13)5-14)9-15(30)6-26-19(31)16-10-29-11-17(20(22,23)24)25-7-18(29)27-16/h1-2,5,7,10-11,15,30H,3-4,6,8-9H2,(H,26,31). The summed E-state index contributed by atoms with van der Waals surface area (Å²) < 4.78 is 52.7. The SMILES string of the molecule is O=C(NCC(O)CN1CCc2cc(F)ccc2C1)c1cn2cc(C(F)(F)F)ncc2n1. The zero-order valence-corrected chi connectivity index (χ0v) is 16.2. The summed E-state index contributed by atoms with van der Waals surface area (Å²) in [5.41, 5.74) is 0.879. The summed E-state index contributed by atoms with van der Waals surface area (Å²) in [6.07, 6.45) is -1.92. The molecule has 164 valence electrons. The minimum atomic E-state index is -4.60. The minimum absolute atomic E-state index is 0.0501. The fourth-order valence-electron chi connectivity index (χ4n) is 3.55. The van der Waals surface area contributed by atoms with Gasteiger partial charge in [0, 0.05) is 38.6 Å². The third-order valence-electron chi connectivity index (χ3n) is 5.09. The first-order valence-corrected chi connectivity index (χ1v) is 9.57. The molecule has 0 saturated heterocycles. The quantitative estimate of drug-likeness (QED) is 0.597. The third-order valence-corrected chi connectivity index (χ3v) is 5.09. The van der Waals surface area contributed by atoms with Crippen LogP contribution in [0.1, 0.15) is 27.3 Å². The molecule has 0 radical (unpaired) electrons. The number of hydrogen-bond acceptors (Lipinski definition) is 5. The number of aliphatic hydroxyl groups excluding tert-OH is 1. The highest BCUT2D eigenvalue weighted by molar-refractivity contribution is 5.92. The van der Waals surface area contributed by atoms with Crippen LogP contribution in [0.4, 0.5) is 17.6 Å². The molecule has 1 atom stereocenters. The van der Waals surface area contributed by atoms with Gasteiger partial charge in [-0.1, -0.05) is 6.07 Å². The van der Waals surface area contributed by atoms with Crippen molar-refractivity contribution >= 4 is 11.6 Å². The Bertz CT molecular complexity index is 1110. The lowest BCUT2D eigenvalue weighted by molar-refractivity contribution is -0.141. The van der Waals surface area contributed by atoms with Gasteiger partial charge < -0.3 is 14.8 Å². The van der Waals surface area contributed by atoms with Crippen LogP contribution in [0.15, 0.2) is 36.8 Å². The minimum Gasteiger partial charge on any atom is -0.390 e. The van der Waals surface area contributed by atoms with E-state index in [0.717, 1.165) is 27.9 Å². The number of imidazole rings is 1. The van der Waals surface area contributed by atoms with E-state index in [1.54, 1.807) is 6.07 Å². The van der Waals surface area contributed by atoms with Crippen molar-refractivity contribution in [3.05, 3.63) is 65.1 Å². The first kappa shape index (κ1) is 21.2. The van der Waals surface area contributed by atoms with E-state index < -0.39 is 23.9 Å². The molecule has 3 heterocycles. The second kappa shape index (κ2) is 8.23. The average molecular weight is 437 g/mol. The largest absolute Gasteiger partial charge is 0.434 e. The maximum Gasteiger partial charge on any atom is 0.434 e. The lowest BCUT2D eigenvalue weighted by Gasteiger charge is -2.30. The monoisotopic (exact) mass is 437 g/mol. The zero-order valence-electron chi connectivity index (χ0n) is 16.2. The van der Waals surface area contributed by atoms with Gasteiger partial charge in [0.25, 0.3) is 5.91 Å². The molecule has 1 amide bonds. The molecule has 1 aliphatic rings. The number of alkyl halides is 3. The maximum absolute atomic E-state index is 13.3. The number of nitrogens with one attached hydrogen (secondary N) is 1. The summed E-state index contributed by atoms with van der Waals surface area (Å²) >= 11 is 0. The molecule has 7 nitrogen and oxygen atoms in total. The van der Waals surface area contributed by atoms with E-state index in [1.807, 2.05) is 4.90 Å². The molecular formula is C20H19F4N5O2. The van der Waals surface area contributed by atoms with Crippen LogP contribution < -0.4 is 5.32 Å². The highest BCUT2D eigenvalue weighted by Crippen LogP contribution is 2.27. The van der Waals surface area contributed by atoms with Gasteiger partial charge in [-0.3, -0.25) is 9.69 Å². The predicted molar refractivity (Wildman–Crippen MR) is 102 cm³/mol. The fraction of sp³-hybridized carbons (Fsp3) is 0.350. The number of β-amino-alcohol motifs (C(OH)–C–C–N with tert-alkyl or cyclic N) is 1. The number of halogens is 4. The highest BCUT2D eigenvalue weighted by Gasteiger charge is 2.33. The molecule has 2 N–H and O–H groups in total. The van der Waals surface area contributed by atoms with E-state index in [0.29, 0.717) is 26.1 Å². The molecule has 0 bridgehead atoms. The summed E-state index contributed by atoms with van der Waals surface area (Å²) in [5.74, 6) is -0.886. The van der Waals surface area contributed by atoms with Crippen molar-refractivity contribution in [2.24, 2.45) is 0 Å². The normalized spacial score (nSPS) is 15.6. The number of nitrogens with zero attached hydrogens (tertiary/aromatic N) is 4. The van der Waals surface area contributed by atoms with Gasteiger partial charge in [0.2, 0.25) is 0 Å². The van der Waals surface area contributed by atoms with Gasteiger partial charge in [-0.05, 0) is 29.7 Å². The molecule has 0 saturated carbocycles. The van der Waals surface area contributed by atoms with Crippen molar-refractivity contribution in [3.8, 4) is 0 Å². The van der Waals surface area contributed by atoms with Crippen LogP contribution in [0.2, 0.25) is 0 Å². The second-order valence-corrected chi connectivity index (χ2v) is 7.42. The van der Waals surface area contributed by atoms with Crippen LogP contribution in [-0.4, -0.2) is 56.0 Å². The number of amides is 1. The number of carbonyl (C=O) groups excluding carboxylic acids is 1. The number of carbonyl (C=O) groups is 1. The van der Waals surface area contributed by atoms with E-state index in [-0.39, 0.29) is 23.7 Å². The van der Waals surface area contributed by atoms with Crippen LogP contribution in [0, 0.1) is 5.82 Å². The highest BCUT2D eigenvalue weighted by atomic mass is 19.4. The number of benzene rings is 1. The Labute approximate surface area is 174 Å². The van der Waals surface area contributed by atoms with Crippen LogP contribution in [0.5, 0.6) is 0 Å². The lowest BCUT2D eigenvalue weighted by Crippen LogP contribution is -2.42. The van der Waals surface area contributed by atoms with Crippen LogP contribution in [0.25, 0.3) is 5.65 Å². The van der Waals surface area contributed by atoms with Gasteiger partial charge in [0.05, 0.1) is 12.3 Å². The van der Waals surface area contributed by atoms with E-state index in [2.05, 4.69) is 15.3 Å². The van der Waals surface area contributed by atoms with Crippen molar-refractivity contribution in [2.75, 3.05) is 19.6 Å². The molecule has 2 aromatic heterocycles. The lowest BCUT2D eigenvalue weighted by atomic mass is 9.99. The summed E-state index contributed by atoms with van der Waals surface area (Å²) in [4.78, 5) is 21.6. The second-order valence-electron chi connectivity index (χ2n) is 7.42. The Morgan fingerprint density at radius 1 is 1.26 bits per heavy atom. The van der Waals surface area contributed by atoms with Gasteiger partial charge in [-0.2, -0.15) is 13.2 Å². The summed E-state index contributed by atoms with van der Waals surface area (Å²) in [7, 11) is 0. The van der Waals surface area contributed by atoms with Crippen molar-refractivity contribution < 1.29 is 27.5 Å². The maximum atomic E-state index is 13.3. The Morgan fingerprint density at radius 2 is 2.06 bits per heavy atom. The van der Waals surface area contributed by atoms with Gasteiger partial charge in [-0.25, -0.2) is 14.4 Å². The Morgan fingerprint density at radius 3 is 2.84 bits per heavy atom. The zero-order chi connectivity index (χ0) is 22.2. The number of aromatic nitrogens is 3. The van der Waals surface area contributed by atoms with Crippen molar-refractivity contribution in [3.63, 3.8) is 0 Å². The van der Waals surface area contributed by atoms with Crippen LogP contribution >= 0.6 is 0 Å². The number of hydrogen-bond donors (Lipinski definition) is 2. The summed E-state index contributed by atoms with van der Waals surface area (Å²) in [6.45, 7) is 1.48. The predicted octanol–water partition coefficient (Wildman–Crippen LogP) is 2.04.